The quantitative estimate of drug-likeness (QED) is 0.750. The predicted octanol–water partition coefficient (Wildman–Crippen LogP) is 1.22. The van der Waals surface area contributed by atoms with Crippen molar-refractivity contribution in [3.8, 4) is 0 Å². The number of hydrogen-bond acceptors (Lipinski definition) is 3. The maximum atomic E-state index is 11.9. The number of piperazine rings is 1. The molecule has 1 amide bonds. The maximum absolute atomic E-state index is 11.9. The number of amides is 1. The highest BCUT2D eigenvalue weighted by atomic mass is 16.2. The predicted molar refractivity (Wildman–Crippen MR) is 75.6 cm³/mol. The van der Waals surface area contributed by atoms with E-state index in [1.54, 1.807) is 0 Å². The molecular weight excluding hydrogens is 226 g/mol. The maximum Gasteiger partial charge on any atom is 0.234 e. The minimum atomic E-state index is 0.167. The van der Waals surface area contributed by atoms with E-state index < -0.39 is 0 Å². The molecule has 106 valence electrons. The zero-order valence-corrected chi connectivity index (χ0v) is 12.3. The van der Waals surface area contributed by atoms with Crippen LogP contribution in [-0.2, 0) is 4.79 Å². The van der Waals surface area contributed by atoms with Gasteiger partial charge in [0.1, 0.15) is 0 Å². The van der Waals surface area contributed by atoms with E-state index in [2.05, 4.69) is 43.2 Å². The summed E-state index contributed by atoms with van der Waals surface area (Å²) < 4.78 is 0. The largest absolute Gasteiger partial charge is 0.353 e. The fourth-order valence-corrected chi connectivity index (χ4v) is 2.28. The molecule has 1 unspecified atom stereocenters. The smallest absolute Gasteiger partial charge is 0.234 e. The number of carbonyl (C=O) groups excluding carboxylic acids is 1. The summed E-state index contributed by atoms with van der Waals surface area (Å²) in [5.41, 5.74) is 0. The van der Waals surface area contributed by atoms with Crippen LogP contribution in [0.3, 0.4) is 0 Å². The molecule has 0 aromatic rings. The van der Waals surface area contributed by atoms with E-state index in [1.165, 1.54) is 6.42 Å². The second-order valence-electron chi connectivity index (χ2n) is 5.96. The molecule has 0 radical (unpaired) electrons. The van der Waals surface area contributed by atoms with E-state index in [4.69, 9.17) is 0 Å². The van der Waals surface area contributed by atoms with Gasteiger partial charge in [0.2, 0.25) is 5.91 Å². The third-order valence-corrected chi connectivity index (χ3v) is 3.57. The first kappa shape index (κ1) is 15.4. The second kappa shape index (κ2) is 7.74. The van der Waals surface area contributed by atoms with Crippen molar-refractivity contribution in [1.29, 1.82) is 0 Å². The molecule has 0 aromatic heterocycles. The molecule has 1 saturated heterocycles. The van der Waals surface area contributed by atoms with Crippen LogP contribution in [0.2, 0.25) is 0 Å². The lowest BCUT2D eigenvalue weighted by atomic mass is 10.0. The zero-order valence-electron chi connectivity index (χ0n) is 12.3. The molecule has 2 N–H and O–H groups in total. The van der Waals surface area contributed by atoms with Crippen molar-refractivity contribution in [2.75, 3.05) is 26.2 Å². The van der Waals surface area contributed by atoms with Gasteiger partial charge in [-0.2, -0.15) is 0 Å². The van der Waals surface area contributed by atoms with Gasteiger partial charge in [-0.15, -0.1) is 0 Å². The molecular formula is C14H29N3O. The Balaban J connectivity index is 2.23. The molecule has 1 aliphatic heterocycles. The Labute approximate surface area is 111 Å². The SMILES string of the molecule is CC(C)CCC(C)NC(=O)CN1CCNC[C@@H]1C. The molecule has 0 saturated carbocycles. The topological polar surface area (TPSA) is 44.4 Å². The van der Waals surface area contributed by atoms with Gasteiger partial charge in [-0.1, -0.05) is 13.8 Å². The Morgan fingerprint density at radius 1 is 1.39 bits per heavy atom. The molecule has 4 nitrogen and oxygen atoms in total. The van der Waals surface area contributed by atoms with Crippen molar-refractivity contribution in [1.82, 2.24) is 15.5 Å². The van der Waals surface area contributed by atoms with Crippen LogP contribution in [0.1, 0.15) is 40.5 Å². The average Bonchev–Trinajstić information content (AvgIpc) is 2.29. The summed E-state index contributed by atoms with van der Waals surface area (Å²) in [6.45, 7) is 12.2. The first-order chi connectivity index (χ1) is 8.49. The Hall–Kier alpha value is -0.610. The summed E-state index contributed by atoms with van der Waals surface area (Å²) in [4.78, 5) is 14.2. The van der Waals surface area contributed by atoms with E-state index in [0.29, 0.717) is 18.5 Å². The lowest BCUT2D eigenvalue weighted by Crippen LogP contribution is -2.53. The van der Waals surface area contributed by atoms with Crippen LogP contribution in [0.15, 0.2) is 0 Å². The number of carbonyl (C=O) groups is 1. The minimum absolute atomic E-state index is 0.167. The summed E-state index contributed by atoms with van der Waals surface area (Å²) in [6, 6.07) is 0.744. The molecule has 2 atom stereocenters. The lowest BCUT2D eigenvalue weighted by Gasteiger charge is -2.33. The number of hydrogen-bond donors (Lipinski definition) is 2. The molecule has 4 heteroatoms. The number of nitrogens with zero attached hydrogens (tertiary/aromatic N) is 1. The van der Waals surface area contributed by atoms with Crippen LogP contribution in [0, 0.1) is 5.92 Å². The van der Waals surface area contributed by atoms with E-state index in [1.807, 2.05) is 0 Å². The summed E-state index contributed by atoms with van der Waals surface area (Å²) in [6.07, 6.45) is 2.24. The van der Waals surface area contributed by atoms with E-state index >= 15 is 0 Å². The van der Waals surface area contributed by atoms with Crippen LogP contribution in [0.5, 0.6) is 0 Å². The summed E-state index contributed by atoms with van der Waals surface area (Å²) in [7, 11) is 0. The van der Waals surface area contributed by atoms with Gasteiger partial charge in [0.25, 0.3) is 0 Å². The number of rotatable bonds is 6. The Morgan fingerprint density at radius 2 is 2.11 bits per heavy atom. The van der Waals surface area contributed by atoms with Crippen molar-refractivity contribution in [2.24, 2.45) is 5.92 Å². The van der Waals surface area contributed by atoms with E-state index in [-0.39, 0.29) is 11.9 Å². The highest BCUT2D eigenvalue weighted by Crippen LogP contribution is 2.07. The first-order valence-electron chi connectivity index (χ1n) is 7.23. The van der Waals surface area contributed by atoms with Crippen LogP contribution < -0.4 is 10.6 Å². The molecule has 1 heterocycles. The van der Waals surface area contributed by atoms with Crippen molar-refractivity contribution < 1.29 is 4.79 Å². The molecule has 0 aromatic carbocycles. The monoisotopic (exact) mass is 255 g/mol. The van der Waals surface area contributed by atoms with Gasteiger partial charge in [-0.25, -0.2) is 0 Å². The molecule has 0 aliphatic carbocycles. The third kappa shape index (κ3) is 5.83. The first-order valence-corrected chi connectivity index (χ1v) is 7.23. The summed E-state index contributed by atoms with van der Waals surface area (Å²) in [5, 5.41) is 6.44. The molecule has 0 bridgehead atoms. The summed E-state index contributed by atoms with van der Waals surface area (Å²) in [5.74, 6) is 0.873. The average molecular weight is 255 g/mol. The second-order valence-corrected chi connectivity index (χ2v) is 5.96. The van der Waals surface area contributed by atoms with Crippen molar-refractivity contribution in [3.05, 3.63) is 0 Å². The Kier molecular flexibility index (Phi) is 6.65. The van der Waals surface area contributed by atoms with Gasteiger partial charge in [-0.3, -0.25) is 9.69 Å². The standard InChI is InChI=1S/C14H29N3O/c1-11(2)5-6-12(3)16-14(18)10-17-8-7-15-9-13(17)4/h11-13,15H,5-10H2,1-4H3,(H,16,18)/t12?,13-/m0/s1. The van der Waals surface area contributed by atoms with Crippen molar-refractivity contribution >= 4 is 5.91 Å². The van der Waals surface area contributed by atoms with Gasteiger partial charge in [-0.05, 0) is 32.6 Å². The van der Waals surface area contributed by atoms with Crippen LogP contribution in [0.4, 0.5) is 0 Å². The highest BCUT2D eigenvalue weighted by Gasteiger charge is 2.20. The van der Waals surface area contributed by atoms with Crippen LogP contribution in [-0.4, -0.2) is 49.1 Å². The van der Waals surface area contributed by atoms with Crippen LogP contribution >= 0.6 is 0 Å². The fourth-order valence-electron chi connectivity index (χ4n) is 2.28. The van der Waals surface area contributed by atoms with Gasteiger partial charge in [0.15, 0.2) is 0 Å². The normalized spacial score (nSPS) is 23.1. The van der Waals surface area contributed by atoms with Gasteiger partial charge < -0.3 is 10.6 Å². The van der Waals surface area contributed by atoms with E-state index in [0.717, 1.165) is 26.1 Å². The lowest BCUT2D eigenvalue weighted by molar-refractivity contribution is -0.123. The third-order valence-electron chi connectivity index (χ3n) is 3.57. The number of nitrogens with one attached hydrogen (secondary N) is 2. The molecule has 18 heavy (non-hydrogen) atoms. The molecule has 0 spiro atoms. The zero-order chi connectivity index (χ0) is 13.5. The van der Waals surface area contributed by atoms with E-state index in [9.17, 15) is 4.79 Å². The van der Waals surface area contributed by atoms with Crippen molar-refractivity contribution in [2.45, 2.75) is 52.6 Å². The molecule has 1 rings (SSSR count). The molecule has 1 aliphatic rings. The highest BCUT2D eigenvalue weighted by molar-refractivity contribution is 5.78. The summed E-state index contributed by atoms with van der Waals surface area (Å²) >= 11 is 0. The van der Waals surface area contributed by atoms with Gasteiger partial charge >= 0.3 is 0 Å². The van der Waals surface area contributed by atoms with Gasteiger partial charge in [0, 0.05) is 31.7 Å². The van der Waals surface area contributed by atoms with Crippen LogP contribution in [0.25, 0.3) is 0 Å². The minimum Gasteiger partial charge on any atom is -0.353 e. The van der Waals surface area contributed by atoms with Crippen molar-refractivity contribution in [3.63, 3.8) is 0 Å². The van der Waals surface area contributed by atoms with Gasteiger partial charge in [0.05, 0.1) is 6.54 Å². The fraction of sp³-hybridized carbons (Fsp3) is 0.929. The Morgan fingerprint density at radius 3 is 2.72 bits per heavy atom. The Bertz CT molecular complexity index is 255. The molecule has 1 fully saturated rings.